The highest BCUT2D eigenvalue weighted by atomic mass is 19.1. The van der Waals surface area contributed by atoms with E-state index in [1.807, 2.05) is 0 Å². The van der Waals surface area contributed by atoms with Crippen LogP contribution in [0.4, 0.5) is 4.39 Å². The number of aromatic nitrogens is 1. The van der Waals surface area contributed by atoms with Crippen molar-refractivity contribution in [2.75, 3.05) is 13.1 Å². The van der Waals surface area contributed by atoms with Gasteiger partial charge in [0.05, 0.1) is 11.9 Å². The Hall–Kier alpha value is -1.00. The highest BCUT2D eigenvalue weighted by Gasteiger charge is 2.20. The summed E-state index contributed by atoms with van der Waals surface area (Å²) in [6, 6.07) is 3.73. The fourth-order valence-electron chi connectivity index (χ4n) is 3.05. The van der Waals surface area contributed by atoms with E-state index in [1.165, 1.54) is 50.9 Å². The molecule has 0 bridgehead atoms. The molecule has 1 aliphatic heterocycles. The van der Waals surface area contributed by atoms with Crippen molar-refractivity contribution in [3.8, 4) is 0 Å². The monoisotopic (exact) mass is 279 g/mol. The molecule has 0 amide bonds. The molecule has 2 rings (SSSR count). The first-order chi connectivity index (χ1) is 9.70. The van der Waals surface area contributed by atoms with E-state index in [1.54, 1.807) is 6.07 Å². The molecule has 0 radical (unpaired) electrons. The van der Waals surface area contributed by atoms with Crippen LogP contribution in [0, 0.1) is 5.82 Å². The normalized spacial score (nSPS) is 22.4. The van der Waals surface area contributed by atoms with Crippen molar-refractivity contribution in [2.24, 2.45) is 5.73 Å². The van der Waals surface area contributed by atoms with Gasteiger partial charge in [0.25, 0.3) is 0 Å². The lowest BCUT2D eigenvalue weighted by Gasteiger charge is -2.30. The molecule has 0 spiro atoms. The molecule has 2 unspecified atom stereocenters. The van der Waals surface area contributed by atoms with E-state index >= 15 is 0 Å². The summed E-state index contributed by atoms with van der Waals surface area (Å²) >= 11 is 0. The zero-order valence-corrected chi connectivity index (χ0v) is 12.4. The topological polar surface area (TPSA) is 42.1 Å². The van der Waals surface area contributed by atoms with Crippen LogP contribution in [0.1, 0.15) is 57.2 Å². The lowest BCUT2D eigenvalue weighted by Crippen LogP contribution is -2.36. The minimum atomic E-state index is -0.306. The van der Waals surface area contributed by atoms with Gasteiger partial charge in [-0.3, -0.25) is 4.98 Å². The van der Waals surface area contributed by atoms with Crippen LogP contribution in [-0.4, -0.2) is 29.0 Å². The summed E-state index contributed by atoms with van der Waals surface area (Å²) in [6.45, 7) is 4.46. The number of pyridine rings is 1. The van der Waals surface area contributed by atoms with E-state index in [2.05, 4.69) is 16.8 Å². The minimum absolute atomic E-state index is 0.101. The van der Waals surface area contributed by atoms with Crippen molar-refractivity contribution in [3.05, 3.63) is 29.8 Å². The van der Waals surface area contributed by atoms with E-state index in [9.17, 15) is 4.39 Å². The molecular weight excluding hydrogens is 253 g/mol. The highest BCUT2D eigenvalue weighted by Crippen LogP contribution is 2.21. The standard InChI is InChI=1S/C16H26FN3/c1-2-14-6-4-3-5-10-20(14)11-9-15(18)16-8-7-13(17)12-19-16/h7-8,12,14-15H,2-6,9-11,18H2,1H3. The molecule has 1 aromatic rings. The molecular formula is C16H26FN3. The van der Waals surface area contributed by atoms with Crippen LogP contribution < -0.4 is 5.73 Å². The molecule has 1 aromatic heterocycles. The first-order valence-corrected chi connectivity index (χ1v) is 7.81. The van der Waals surface area contributed by atoms with Crippen LogP contribution in [0.3, 0.4) is 0 Å². The molecule has 0 aromatic carbocycles. The van der Waals surface area contributed by atoms with Crippen LogP contribution in [0.2, 0.25) is 0 Å². The molecule has 1 saturated heterocycles. The van der Waals surface area contributed by atoms with Gasteiger partial charge in [-0.1, -0.05) is 19.8 Å². The summed E-state index contributed by atoms with van der Waals surface area (Å²) in [7, 11) is 0. The predicted octanol–water partition coefficient (Wildman–Crippen LogP) is 3.27. The zero-order valence-electron chi connectivity index (χ0n) is 12.4. The van der Waals surface area contributed by atoms with Crippen LogP contribution in [-0.2, 0) is 0 Å². The quantitative estimate of drug-likeness (QED) is 0.899. The Morgan fingerprint density at radius 2 is 2.25 bits per heavy atom. The summed E-state index contributed by atoms with van der Waals surface area (Å²) in [5.74, 6) is -0.306. The Morgan fingerprint density at radius 3 is 2.95 bits per heavy atom. The Bertz CT molecular complexity index is 393. The number of nitrogens with two attached hydrogens (primary N) is 1. The molecule has 3 nitrogen and oxygen atoms in total. The SMILES string of the molecule is CCC1CCCCCN1CCC(N)c1ccc(F)cn1. The lowest BCUT2D eigenvalue weighted by molar-refractivity contribution is 0.188. The third-order valence-corrected chi connectivity index (χ3v) is 4.33. The average molecular weight is 279 g/mol. The van der Waals surface area contributed by atoms with E-state index in [-0.39, 0.29) is 11.9 Å². The fraction of sp³-hybridized carbons (Fsp3) is 0.688. The van der Waals surface area contributed by atoms with Gasteiger partial charge in [0, 0.05) is 18.6 Å². The Labute approximate surface area is 121 Å². The molecule has 2 atom stereocenters. The largest absolute Gasteiger partial charge is 0.323 e. The number of nitrogens with zero attached hydrogens (tertiary/aromatic N) is 2. The number of halogens is 1. The van der Waals surface area contributed by atoms with Crippen LogP contribution >= 0.6 is 0 Å². The minimum Gasteiger partial charge on any atom is -0.323 e. The van der Waals surface area contributed by atoms with Gasteiger partial charge < -0.3 is 10.6 Å². The third kappa shape index (κ3) is 4.25. The molecule has 0 aliphatic carbocycles. The van der Waals surface area contributed by atoms with E-state index < -0.39 is 0 Å². The van der Waals surface area contributed by atoms with Gasteiger partial charge in [-0.15, -0.1) is 0 Å². The maximum Gasteiger partial charge on any atom is 0.141 e. The van der Waals surface area contributed by atoms with Crippen molar-refractivity contribution in [3.63, 3.8) is 0 Å². The number of hydrogen-bond acceptors (Lipinski definition) is 3. The van der Waals surface area contributed by atoms with Crippen molar-refractivity contribution in [1.29, 1.82) is 0 Å². The third-order valence-electron chi connectivity index (χ3n) is 4.33. The maximum absolute atomic E-state index is 12.9. The van der Waals surface area contributed by atoms with Crippen molar-refractivity contribution in [1.82, 2.24) is 9.88 Å². The van der Waals surface area contributed by atoms with Gasteiger partial charge in [-0.05, 0) is 44.4 Å². The first-order valence-electron chi connectivity index (χ1n) is 7.81. The van der Waals surface area contributed by atoms with Crippen molar-refractivity contribution >= 4 is 0 Å². The van der Waals surface area contributed by atoms with Gasteiger partial charge in [0.2, 0.25) is 0 Å². The molecule has 1 fully saturated rings. The van der Waals surface area contributed by atoms with E-state index in [4.69, 9.17) is 5.73 Å². The van der Waals surface area contributed by atoms with Crippen molar-refractivity contribution < 1.29 is 4.39 Å². The zero-order chi connectivity index (χ0) is 14.4. The van der Waals surface area contributed by atoms with Crippen molar-refractivity contribution in [2.45, 2.75) is 57.5 Å². The molecule has 20 heavy (non-hydrogen) atoms. The van der Waals surface area contributed by atoms with Gasteiger partial charge in [0.1, 0.15) is 5.82 Å². The van der Waals surface area contributed by atoms with Gasteiger partial charge in [0.15, 0.2) is 0 Å². The summed E-state index contributed by atoms with van der Waals surface area (Å²) < 4.78 is 12.9. The lowest BCUT2D eigenvalue weighted by atomic mass is 10.1. The van der Waals surface area contributed by atoms with Crippen LogP contribution in [0.5, 0.6) is 0 Å². The maximum atomic E-state index is 12.9. The predicted molar refractivity (Wildman–Crippen MR) is 79.9 cm³/mol. The second kappa shape index (κ2) is 7.70. The van der Waals surface area contributed by atoms with Gasteiger partial charge >= 0.3 is 0 Å². The highest BCUT2D eigenvalue weighted by molar-refractivity contribution is 5.09. The fourth-order valence-corrected chi connectivity index (χ4v) is 3.05. The summed E-state index contributed by atoms with van der Waals surface area (Å²) in [4.78, 5) is 6.66. The molecule has 1 aliphatic rings. The summed E-state index contributed by atoms with van der Waals surface area (Å²) in [6.07, 6.45) is 8.63. The van der Waals surface area contributed by atoms with Crippen LogP contribution in [0.25, 0.3) is 0 Å². The Balaban J connectivity index is 1.87. The molecule has 0 saturated carbocycles. The molecule has 4 heteroatoms. The number of rotatable bonds is 5. The summed E-state index contributed by atoms with van der Waals surface area (Å²) in [5.41, 5.74) is 6.96. The Kier molecular flexibility index (Phi) is 5.92. The molecule has 2 N–H and O–H groups in total. The first kappa shape index (κ1) is 15.4. The Morgan fingerprint density at radius 1 is 1.40 bits per heavy atom. The number of likely N-dealkylation sites (tertiary alicyclic amines) is 1. The van der Waals surface area contributed by atoms with E-state index in [0.29, 0.717) is 6.04 Å². The van der Waals surface area contributed by atoms with Crippen LogP contribution in [0.15, 0.2) is 18.3 Å². The van der Waals surface area contributed by atoms with E-state index in [0.717, 1.165) is 18.7 Å². The second-order valence-corrected chi connectivity index (χ2v) is 5.74. The molecule has 2 heterocycles. The second-order valence-electron chi connectivity index (χ2n) is 5.74. The number of hydrogen-bond donors (Lipinski definition) is 1. The van der Waals surface area contributed by atoms with Gasteiger partial charge in [-0.2, -0.15) is 0 Å². The van der Waals surface area contributed by atoms with Gasteiger partial charge in [-0.25, -0.2) is 4.39 Å². The summed E-state index contributed by atoms with van der Waals surface area (Å²) in [5, 5.41) is 0. The average Bonchev–Trinajstić information content (AvgIpc) is 2.70. The smallest absolute Gasteiger partial charge is 0.141 e. The molecule has 112 valence electrons.